The largest absolute Gasteiger partial charge is 0.497 e. The summed E-state index contributed by atoms with van der Waals surface area (Å²) in [6, 6.07) is 19.0. The Morgan fingerprint density at radius 2 is 1.71 bits per heavy atom. The second-order valence-corrected chi connectivity index (χ2v) is 8.65. The first-order valence-corrected chi connectivity index (χ1v) is 12.1. The maximum absolute atomic E-state index is 13.3. The molecule has 9 heteroatoms. The van der Waals surface area contributed by atoms with E-state index < -0.39 is 36.2 Å². The van der Waals surface area contributed by atoms with Crippen molar-refractivity contribution in [3.63, 3.8) is 0 Å². The van der Waals surface area contributed by atoms with Gasteiger partial charge >= 0.3 is 5.97 Å². The fraction of sp³-hybridized carbons (Fsp3) is 0.207. The number of carbonyl (C=O) groups is 3. The molecule has 0 bridgehead atoms. The number of para-hydroxylation sites is 1. The highest BCUT2D eigenvalue weighted by atomic mass is 19.1. The third-order valence-corrected chi connectivity index (χ3v) is 6.04. The van der Waals surface area contributed by atoms with Crippen LogP contribution in [0.15, 0.2) is 79.0 Å². The molecule has 0 aliphatic rings. The second-order valence-electron chi connectivity index (χ2n) is 8.65. The Kier molecular flexibility index (Phi) is 8.71. The van der Waals surface area contributed by atoms with E-state index in [1.54, 1.807) is 13.3 Å². The number of amides is 2. The maximum Gasteiger partial charge on any atom is 0.329 e. The minimum Gasteiger partial charge on any atom is -0.497 e. The molecule has 0 saturated carbocycles. The number of ether oxygens (including phenoxy) is 2. The number of hydrogen-bond acceptors (Lipinski definition) is 5. The molecule has 1 atom stereocenters. The van der Waals surface area contributed by atoms with Crippen molar-refractivity contribution in [2.75, 3.05) is 20.3 Å². The summed E-state index contributed by atoms with van der Waals surface area (Å²) >= 11 is 0. The van der Waals surface area contributed by atoms with Gasteiger partial charge in [0.2, 0.25) is 0 Å². The zero-order chi connectivity index (χ0) is 26.9. The molecule has 8 nitrogen and oxygen atoms in total. The molecule has 4 aromatic rings. The molecule has 0 aliphatic heterocycles. The van der Waals surface area contributed by atoms with Gasteiger partial charge in [-0.3, -0.25) is 9.59 Å². The van der Waals surface area contributed by atoms with E-state index in [4.69, 9.17) is 9.47 Å². The van der Waals surface area contributed by atoms with Crippen molar-refractivity contribution in [3.8, 4) is 5.75 Å². The number of esters is 1. The first kappa shape index (κ1) is 26.4. The summed E-state index contributed by atoms with van der Waals surface area (Å²) in [4.78, 5) is 41.2. The van der Waals surface area contributed by atoms with Gasteiger partial charge in [0.15, 0.2) is 6.61 Å². The number of fused-ring (bicyclic) bond motifs is 1. The predicted octanol–water partition coefficient (Wildman–Crippen LogP) is 3.56. The molecular weight excluding hydrogens is 489 g/mol. The van der Waals surface area contributed by atoms with Gasteiger partial charge in [0.05, 0.1) is 7.11 Å². The van der Waals surface area contributed by atoms with Gasteiger partial charge in [-0.1, -0.05) is 30.3 Å². The fourth-order valence-corrected chi connectivity index (χ4v) is 3.98. The highest BCUT2D eigenvalue weighted by Gasteiger charge is 2.25. The Balaban J connectivity index is 1.36. The van der Waals surface area contributed by atoms with Gasteiger partial charge in [0.25, 0.3) is 11.8 Å². The van der Waals surface area contributed by atoms with Gasteiger partial charge < -0.3 is 25.1 Å². The van der Waals surface area contributed by atoms with Crippen molar-refractivity contribution in [2.45, 2.75) is 18.9 Å². The van der Waals surface area contributed by atoms with Gasteiger partial charge in [0, 0.05) is 35.6 Å². The SMILES string of the molecule is COc1ccc(CCNC(=O)COC(=O)C(Cc2c[nH]c3ccccc23)NC(=O)c2ccc(F)cc2)cc1. The Bertz CT molecular complexity index is 1400. The molecule has 3 N–H and O–H groups in total. The number of H-pyrrole nitrogens is 1. The molecule has 196 valence electrons. The highest BCUT2D eigenvalue weighted by Crippen LogP contribution is 2.20. The summed E-state index contributed by atoms with van der Waals surface area (Å²) in [6.45, 7) is -0.124. The van der Waals surface area contributed by atoms with Crippen LogP contribution in [-0.2, 0) is 27.2 Å². The van der Waals surface area contributed by atoms with Gasteiger partial charge in [-0.25, -0.2) is 9.18 Å². The predicted molar refractivity (Wildman–Crippen MR) is 140 cm³/mol. The lowest BCUT2D eigenvalue weighted by atomic mass is 10.0. The summed E-state index contributed by atoms with van der Waals surface area (Å²) in [7, 11) is 1.59. The van der Waals surface area contributed by atoms with E-state index in [9.17, 15) is 18.8 Å². The molecule has 0 aliphatic carbocycles. The van der Waals surface area contributed by atoms with Crippen LogP contribution in [0.25, 0.3) is 10.9 Å². The maximum atomic E-state index is 13.3. The van der Waals surface area contributed by atoms with Gasteiger partial charge in [-0.05, 0) is 60.0 Å². The Labute approximate surface area is 219 Å². The molecule has 3 aromatic carbocycles. The average Bonchev–Trinajstić information content (AvgIpc) is 3.34. The van der Waals surface area contributed by atoms with E-state index in [0.29, 0.717) is 13.0 Å². The Morgan fingerprint density at radius 3 is 2.45 bits per heavy atom. The first-order valence-electron chi connectivity index (χ1n) is 12.1. The Hall–Kier alpha value is -4.66. The van der Waals surface area contributed by atoms with Crippen molar-refractivity contribution < 1.29 is 28.2 Å². The summed E-state index contributed by atoms with van der Waals surface area (Å²) in [6.07, 6.45) is 2.50. The normalized spacial score (nSPS) is 11.5. The smallest absolute Gasteiger partial charge is 0.329 e. The molecule has 0 fully saturated rings. The van der Waals surface area contributed by atoms with Crippen LogP contribution in [0.4, 0.5) is 4.39 Å². The van der Waals surface area contributed by atoms with E-state index >= 15 is 0 Å². The van der Waals surface area contributed by atoms with Gasteiger partial charge in [0.1, 0.15) is 17.6 Å². The van der Waals surface area contributed by atoms with E-state index in [1.165, 1.54) is 12.1 Å². The summed E-state index contributed by atoms with van der Waals surface area (Å²) < 4.78 is 23.7. The zero-order valence-electron chi connectivity index (χ0n) is 20.8. The second kappa shape index (κ2) is 12.5. The van der Waals surface area contributed by atoms with Crippen molar-refractivity contribution in [1.29, 1.82) is 0 Å². The number of nitrogens with one attached hydrogen (secondary N) is 3. The zero-order valence-corrected chi connectivity index (χ0v) is 20.8. The van der Waals surface area contributed by atoms with Crippen LogP contribution in [-0.4, -0.2) is 49.1 Å². The topological polar surface area (TPSA) is 110 Å². The number of aromatic amines is 1. The van der Waals surface area contributed by atoms with Crippen LogP contribution in [0, 0.1) is 5.82 Å². The third-order valence-electron chi connectivity index (χ3n) is 6.04. The lowest BCUT2D eigenvalue weighted by Crippen LogP contribution is -2.44. The minimum absolute atomic E-state index is 0.134. The van der Waals surface area contributed by atoms with Crippen molar-refractivity contribution in [2.24, 2.45) is 0 Å². The van der Waals surface area contributed by atoms with Crippen LogP contribution >= 0.6 is 0 Å². The summed E-state index contributed by atoms with van der Waals surface area (Å²) in [5, 5.41) is 6.28. The minimum atomic E-state index is -1.07. The molecule has 0 saturated heterocycles. The number of hydrogen-bond donors (Lipinski definition) is 3. The quantitative estimate of drug-likeness (QED) is 0.264. The molecule has 0 radical (unpaired) electrons. The van der Waals surface area contributed by atoms with Gasteiger partial charge in [-0.15, -0.1) is 0 Å². The molecular formula is C29H28FN3O5. The molecule has 1 aromatic heterocycles. The van der Waals surface area contributed by atoms with Crippen molar-refractivity contribution in [3.05, 3.63) is 102 Å². The molecule has 2 amide bonds. The number of rotatable bonds is 11. The number of halogens is 1. The first-order chi connectivity index (χ1) is 18.4. The molecule has 0 spiro atoms. The number of methoxy groups -OCH3 is 1. The fourth-order valence-electron chi connectivity index (χ4n) is 3.98. The number of aromatic nitrogens is 1. The highest BCUT2D eigenvalue weighted by molar-refractivity contribution is 5.97. The van der Waals surface area contributed by atoms with Crippen molar-refractivity contribution >= 4 is 28.7 Å². The average molecular weight is 518 g/mol. The van der Waals surface area contributed by atoms with Crippen molar-refractivity contribution in [1.82, 2.24) is 15.6 Å². The van der Waals surface area contributed by atoms with E-state index in [-0.39, 0.29) is 12.0 Å². The monoisotopic (exact) mass is 517 g/mol. The lowest BCUT2D eigenvalue weighted by molar-refractivity contribution is -0.150. The number of carbonyl (C=O) groups excluding carboxylic acids is 3. The van der Waals surface area contributed by atoms with Crippen LogP contribution in [0.5, 0.6) is 5.75 Å². The van der Waals surface area contributed by atoms with Crippen LogP contribution in [0.2, 0.25) is 0 Å². The standard InChI is InChI=1S/C29H28FN3O5/c1-37-23-12-6-19(7-13-23)14-15-31-27(34)18-38-29(36)26(33-28(35)20-8-10-22(30)11-9-20)16-21-17-32-25-5-3-2-4-24(21)25/h2-13,17,26,32H,14-16,18H2,1H3,(H,31,34)(H,33,35). The van der Waals surface area contributed by atoms with E-state index in [0.717, 1.165) is 39.9 Å². The van der Waals surface area contributed by atoms with Crippen LogP contribution < -0.4 is 15.4 Å². The molecule has 1 heterocycles. The molecule has 1 unspecified atom stereocenters. The Morgan fingerprint density at radius 1 is 0.974 bits per heavy atom. The van der Waals surface area contributed by atoms with Crippen LogP contribution in [0.3, 0.4) is 0 Å². The third kappa shape index (κ3) is 6.97. The lowest BCUT2D eigenvalue weighted by Gasteiger charge is -2.18. The van der Waals surface area contributed by atoms with E-state index in [2.05, 4.69) is 15.6 Å². The molecule has 38 heavy (non-hydrogen) atoms. The van der Waals surface area contributed by atoms with Gasteiger partial charge in [-0.2, -0.15) is 0 Å². The molecule has 4 rings (SSSR count). The summed E-state index contributed by atoms with van der Waals surface area (Å²) in [5.41, 5.74) is 2.89. The number of benzene rings is 3. The van der Waals surface area contributed by atoms with Crippen LogP contribution in [0.1, 0.15) is 21.5 Å². The van der Waals surface area contributed by atoms with E-state index in [1.807, 2.05) is 48.5 Å². The summed E-state index contributed by atoms with van der Waals surface area (Å²) in [5.74, 6) is -1.50.